The molecular weight excluding hydrogens is 314 g/mol. The van der Waals surface area contributed by atoms with Gasteiger partial charge < -0.3 is 19.5 Å². The predicted octanol–water partition coefficient (Wildman–Crippen LogP) is 1.82. The number of ether oxygens (including phenoxy) is 3. The Kier molecular flexibility index (Phi) is 5.30. The molecule has 1 fully saturated rings. The molecule has 0 amide bonds. The smallest absolute Gasteiger partial charge is 0.187 e. The molecule has 0 aromatic heterocycles. The average molecular weight is 335 g/mol. The lowest BCUT2D eigenvalue weighted by Gasteiger charge is -2.18. The molecule has 3 rings (SSSR count). The van der Waals surface area contributed by atoms with Gasteiger partial charge in [0, 0.05) is 18.7 Å². The number of benzene rings is 1. The van der Waals surface area contributed by atoms with Crippen LogP contribution in [0.25, 0.3) is 0 Å². The molecule has 0 aliphatic carbocycles. The van der Waals surface area contributed by atoms with Crippen LogP contribution in [0.4, 0.5) is 0 Å². The van der Waals surface area contributed by atoms with E-state index in [1.165, 1.54) is 0 Å². The van der Waals surface area contributed by atoms with Crippen molar-refractivity contribution in [3.63, 3.8) is 0 Å². The Morgan fingerprint density at radius 3 is 2.87 bits per heavy atom. The minimum absolute atomic E-state index is 0.248. The van der Waals surface area contributed by atoms with E-state index in [-0.39, 0.29) is 6.10 Å². The largest absolute Gasteiger partial charge is 0.486 e. The molecule has 1 aromatic rings. The van der Waals surface area contributed by atoms with Crippen LogP contribution in [0.15, 0.2) is 23.3 Å². The fourth-order valence-electron chi connectivity index (χ4n) is 2.52. The van der Waals surface area contributed by atoms with Crippen LogP contribution in [-0.2, 0) is 4.74 Å². The van der Waals surface area contributed by atoms with E-state index in [2.05, 4.69) is 15.8 Å². The van der Waals surface area contributed by atoms with Crippen LogP contribution in [0.3, 0.4) is 0 Å². The fraction of sp³-hybridized carbons (Fsp3) is 0.500. The zero-order valence-electron chi connectivity index (χ0n) is 13.1. The summed E-state index contributed by atoms with van der Waals surface area (Å²) in [5.41, 5.74) is 4.65. The molecule has 1 aromatic carbocycles. The lowest BCUT2D eigenvalue weighted by atomic mass is 10.1. The van der Waals surface area contributed by atoms with Gasteiger partial charge in [0.1, 0.15) is 13.2 Å². The Hall–Kier alpha value is -1.86. The van der Waals surface area contributed by atoms with Crippen LogP contribution in [0.1, 0.15) is 25.3 Å². The molecule has 23 heavy (non-hydrogen) atoms. The Bertz CT molecular complexity index is 600. The van der Waals surface area contributed by atoms with Gasteiger partial charge in [0.25, 0.3) is 0 Å². The summed E-state index contributed by atoms with van der Waals surface area (Å²) in [5, 5.41) is 7.94. The summed E-state index contributed by atoms with van der Waals surface area (Å²) < 4.78 is 16.6. The van der Waals surface area contributed by atoms with Crippen molar-refractivity contribution in [1.82, 2.24) is 10.7 Å². The summed E-state index contributed by atoms with van der Waals surface area (Å²) >= 11 is 5.22. The van der Waals surface area contributed by atoms with Crippen molar-refractivity contribution in [1.29, 1.82) is 0 Å². The highest BCUT2D eigenvalue weighted by molar-refractivity contribution is 7.80. The average Bonchev–Trinajstić information content (AvgIpc) is 3.11. The lowest BCUT2D eigenvalue weighted by Crippen LogP contribution is -2.37. The van der Waals surface area contributed by atoms with Gasteiger partial charge in [0.05, 0.1) is 11.8 Å². The van der Waals surface area contributed by atoms with E-state index in [0.717, 1.165) is 42.2 Å². The van der Waals surface area contributed by atoms with E-state index >= 15 is 0 Å². The number of nitrogens with one attached hydrogen (secondary N) is 2. The number of fused-ring (bicyclic) bond motifs is 1. The van der Waals surface area contributed by atoms with E-state index in [1.807, 2.05) is 25.1 Å². The Balaban J connectivity index is 1.53. The maximum absolute atomic E-state index is 5.58. The molecule has 2 aliphatic heterocycles. The van der Waals surface area contributed by atoms with Gasteiger partial charge in [0.2, 0.25) is 0 Å². The van der Waals surface area contributed by atoms with Gasteiger partial charge in [-0.3, -0.25) is 5.43 Å². The normalized spacial score (nSPS) is 20.2. The van der Waals surface area contributed by atoms with Crippen LogP contribution >= 0.6 is 12.2 Å². The Morgan fingerprint density at radius 2 is 2.09 bits per heavy atom. The van der Waals surface area contributed by atoms with E-state index in [9.17, 15) is 0 Å². The molecule has 2 N–H and O–H groups in total. The number of nitrogens with zero attached hydrogens (tertiary/aromatic N) is 1. The highest BCUT2D eigenvalue weighted by Crippen LogP contribution is 2.30. The second kappa shape index (κ2) is 7.61. The molecule has 0 spiro atoms. The topological polar surface area (TPSA) is 64.1 Å². The van der Waals surface area contributed by atoms with Crippen LogP contribution in [0, 0.1) is 0 Å². The van der Waals surface area contributed by atoms with E-state index in [0.29, 0.717) is 24.9 Å². The van der Waals surface area contributed by atoms with E-state index < -0.39 is 0 Å². The molecule has 1 unspecified atom stereocenters. The molecule has 1 saturated heterocycles. The fourth-order valence-corrected chi connectivity index (χ4v) is 2.65. The minimum Gasteiger partial charge on any atom is -0.486 e. The summed E-state index contributed by atoms with van der Waals surface area (Å²) in [7, 11) is 0. The molecular formula is C16H21N3O3S. The van der Waals surface area contributed by atoms with Gasteiger partial charge in [-0.2, -0.15) is 5.10 Å². The van der Waals surface area contributed by atoms with Crippen molar-refractivity contribution in [3.05, 3.63) is 23.8 Å². The molecule has 2 heterocycles. The first kappa shape index (κ1) is 16.0. The molecule has 7 heteroatoms. The van der Waals surface area contributed by atoms with Gasteiger partial charge in [-0.25, -0.2) is 0 Å². The molecule has 0 radical (unpaired) electrons. The summed E-state index contributed by atoms with van der Waals surface area (Å²) in [6, 6.07) is 5.78. The number of thiocarbonyl (C=S) groups is 1. The zero-order valence-corrected chi connectivity index (χ0v) is 13.9. The van der Waals surface area contributed by atoms with Crippen LogP contribution < -0.4 is 20.2 Å². The second-order valence-corrected chi connectivity index (χ2v) is 5.92. The first-order valence-electron chi connectivity index (χ1n) is 7.82. The Labute approximate surface area is 141 Å². The molecule has 0 saturated carbocycles. The van der Waals surface area contributed by atoms with Gasteiger partial charge in [-0.05, 0) is 50.2 Å². The number of hydrogen-bond acceptors (Lipinski definition) is 5. The summed E-state index contributed by atoms with van der Waals surface area (Å²) in [4.78, 5) is 0. The van der Waals surface area contributed by atoms with Crippen molar-refractivity contribution < 1.29 is 14.2 Å². The summed E-state index contributed by atoms with van der Waals surface area (Å²) in [6.07, 6.45) is 2.45. The lowest BCUT2D eigenvalue weighted by molar-refractivity contribution is 0.114. The van der Waals surface area contributed by atoms with E-state index in [1.54, 1.807) is 0 Å². The van der Waals surface area contributed by atoms with Crippen molar-refractivity contribution in [2.45, 2.75) is 25.9 Å². The zero-order chi connectivity index (χ0) is 16.1. The molecule has 6 nitrogen and oxygen atoms in total. The summed E-state index contributed by atoms with van der Waals surface area (Å²) in [5.74, 6) is 1.52. The first-order valence-corrected chi connectivity index (χ1v) is 8.23. The standard InChI is InChI=1S/C16H21N3O3S/c1-11(12-4-5-14-15(9-12)22-8-7-21-14)18-19-16(23)17-10-13-3-2-6-20-13/h4-5,9,13H,2-3,6-8,10H2,1H3,(H2,17,19,23). The number of rotatable bonds is 4. The molecule has 2 aliphatic rings. The number of hydrazone groups is 1. The van der Waals surface area contributed by atoms with Crippen LogP contribution in [0.5, 0.6) is 11.5 Å². The van der Waals surface area contributed by atoms with Crippen LogP contribution in [0.2, 0.25) is 0 Å². The molecule has 124 valence electrons. The third kappa shape index (κ3) is 4.33. The maximum atomic E-state index is 5.58. The van der Waals surface area contributed by atoms with Crippen molar-refractivity contribution in [2.75, 3.05) is 26.4 Å². The maximum Gasteiger partial charge on any atom is 0.187 e. The van der Waals surface area contributed by atoms with Crippen LogP contribution in [-0.4, -0.2) is 43.3 Å². The predicted molar refractivity (Wildman–Crippen MR) is 92.4 cm³/mol. The van der Waals surface area contributed by atoms with Gasteiger partial charge in [-0.15, -0.1) is 0 Å². The third-order valence-corrected chi connectivity index (χ3v) is 4.04. The van der Waals surface area contributed by atoms with Gasteiger partial charge >= 0.3 is 0 Å². The highest BCUT2D eigenvalue weighted by Gasteiger charge is 2.15. The third-order valence-electron chi connectivity index (χ3n) is 3.80. The second-order valence-electron chi connectivity index (χ2n) is 5.51. The van der Waals surface area contributed by atoms with Gasteiger partial charge in [-0.1, -0.05) is 0 Å². The quantitative estimate of drug-likeness (QED) is 0.497. The van der Waals surface area contributed by atoms with E-state index in [4.69, 9.17) is 26.4 Å². The van der Waals surface area contributed by atoms with Gasteiger partial charge in [0.15, 0.2) is 16.6 Å². The summed E-state index contributed by atoms with van der Waals surface area (Å²) in [6.45, 7) is 4.63. The Morgan fingerprint density at radius 1 is 1.26 bits per heavy atom. The first-order chi connectivity index (χ1) is 11.2. The molecule has 1 atom stereocenters. The SMILES string of the molecule is CC(=NNC(=S)NCC1CCCO1)c1ccc2c(c1)OCCO2. The monoisotopic (exact) mass is 335 g/mol. The highest BCUT2D eigenvalue weighted by atomic mass is 32.1. The van der Waals surface area contributed by atoms with Crippen molar-refractivity contribution in [3.8, 4) is 11.5 Å². The van der Waals surface area contributed by atoms with Crippen molar-refractivity contribution in [2.24, 2.45) is 5.10 Å². The number of hydrogen-bond donors (Lipinski definition) is 2. The van der Waals surface area contributed by atoms with Crippen molar-refractivity contribution >= 4 is 23.0 Å². The minimum atomic E-state index is 0.248. The molecule has 0 bridgehead atoms.